The van der Waals surface area contributed by atoms with Gasteiger partial charge in [0.15, 0.2) is 0 Å². The van der Waals surface area contributed by atoms with Crippen LogP contribution in [0.5, 0.6) is 5.75 Å². The first kappa shape index (κ1) is 15.3. The lowest BCUT2D eigenvalue weighted by atomic mass is 9.89. The van der Waals surface area contributed by atoms with Crippen molar-refractivity contribution in [3.8, 4) is 5.75 Å². The number of carbonyl (C=O) groups excluding carboxylic acids is 1. The molecule has 1 aromatic carbocycles. The van der Waals surface area contributed by atoms with Gasteiger partial charge in [0, 0.05) is 7.11 Å². The second-order valence-corrected chi connectivity index (χ2v) is 5.77. The molecule has 0 aliphatic heterocycles. The van der Waals surface area contributed by atoms with Crippen LogP contribution in [0.15, 0.2) is 22.7 Å². The number of amides is 1. The SMILES string of the molecule is CO[C@@H]1CCC[C@@H](NC(=O)c2cccc(Br)c2O)[C@H]1O. The number of aliphatic hydroxyl groups is 1. The van der Waals surface area contributed by atoms with Crippen molar-refractivity contribution in [2.24, 2.45) is 0 Å². The third-order valence-electron chi connectivity index (χ3n) is 3.65. The van der Waals surface area contributed by atoms with Gasteiger partial charge in [-0.15, -0.1) is 0 Å². The Hall–Kier alpha value is -1.11. The Morgan fingerprint density at radius 3 is 2.90 bits per heavy atom. The van der Waals surface area contributed by atoms with Gasteiger partial charge in [0.05, 0.1) is 22.2 Å². The summed E-state index contributed by atoms with van der Waals surface area (Å²) in [6, 6.07) is 4.51. The highest BCUT2D eigenvalue weighted by Crippen LogP contribution is 2.28. The number of aliphatic hydroxyl groups excluding tert-OH is 1. The van der Waals surface area contributed by atoms with Crippen molar-refractivity contribution in [1.29, 1.82) is 0 Å². The summed E-state index contributed by atoms with van der Waals surface area (Å²) >= 11 is 3.17. The number of hydrogen-bond acceptors (Lipinski definition) is 4. The minimum atomic E-state index is -0.730. The van der Waals surface area contributed by atoms with Gasteiger partial charge in [-0.05, 0) is 47.3 Å². The number of phenolic OH excluding ortho intramolecular Hbond substituents is 1. The summed E-state index contributed by atoms with van der Waals surface area (Å²) in [6.07, 6.45) is 1.37. The molecular weight excluding hydrogens is 326 g/mol. The van der Waals surface area contributed by atoms with E-state index in [0.717, 1.165) is 12.8 Å². The van der Waals surface area contributed by atoms with Gasteiger partial charge >= 0.3 is 0 Å². The highest BCUT2D eigenvalue weighted by Gasteiger charge is 2.33. The van der Waals surface area contributed by atoms with Crippen molar-refractivity contribution in [3.63, 3.8) is 0 Å². The minimum absolute atomic E-state index is 0.0985. The molecule has 3 atom stereocenters. The Morgan fingerprint density at radius 2 is 2.20 bits per heavy atom. The number of hydrogen-bond donors (Lipinski definition) is 3. The van der Waals surface area contributed by atoms with Gasteiger partial charge < -0.3 is 20.3 Å². The average Bonchev–Trinajstić information content (AvgIpc) is 2.44. The molecule has 2 rings (SSSR count). The fraction of sp³-hybridized carbons (Fsp3) is 0.500. The van der Waals surface area contributed by atoms with Crippen molar-refractivity contribution in [2.75, 3.05) is 7.11 Å². The summed E-state index contributed by atoms with van der Waals surface area (Å²) in [6.45, 7) is 0. The van der Waals surface area contributed by atoms with Crippen LogP contribution in [0.25, 0.3) is 0 Å². The Kier molecular flexibility index (Phi) is 5.01. The monoisotopic (exact) mass is 343 g/mol. The number of para-hydroxylation sites is 1. The van der Waals surface area contributed by atoms with Crippen molar-refractivity contribution in [1.82, 2.24) is 5.32 Å². The van der Waals surface area contributed by atoms with Gasteiger partial charge in [0.2, 0.25) is 0 Å². The Bertz CT molecular complexity index is 494. The van der Waals surface area contributed by atoms with E-state index in [1.54, 1.807) is 25.3 Å². The molecule has 0 heterocycles. The van der Waals surface area contributed by atoms with Gasteiger partial charge in [-0.2, -0.15) is 0 Å². The molecule has 5 nitrogen and oxygen atoms in total. The van der Waals surface area contributed by atoms with Gasteiger partial charge in [-0.25, -0.2) is 0 Å². The molecule has 1 aliphatic carbocycles. The molecule has 110 valence electrons. The molecular formula is C14H18BrNO4. The maximum Gasteiger partial charge on any atom is 0.255 e. The topological polar surface area (TPSA) is 78.8 Å². The maximum absolute atomic E-state index is 12.2. The van der Waals surface area contributed by atoms with E-state index in [9.17, 15) is 15.0 Å². The van der Waals surface area contributed by atoms with E-state index in [0.29, 0.717) is 10.9 Å². The molecule has 3 N–H and O–H groups in total. The van der Waals surface area contributed by atoms with Crippen molar-refractivity contribution in [2.45, 2.75) is 37.5 Å². The van der Waals surface area contributed by atoms with E-state index in [1.165, 1.54) is 0 Å². The normalized spacial score (nSPS) is 26.2. The highest BCUT2D eigenvalue weighted by molar-refractivity contribution is 9.10. The van der Waals surface area contributed by atoms with E-state index in [2.05, 4.69) is 21.2 Å². The summed E-state index contributed by atoms with van der Waals surface area (Å²) in [5.74, 6) is -0.497. The number of aromatic hydroxyl groups is 1. The predicted octanol–water partition coefficient (Wildman–Crippen LogP) is 1.81. The van der Waals surface area contributed by atoms with Gasteiger partial charge in [0.25, 0.3) is 5.91 Å². The standard InChI is InChI=1S/C14H18BrNO4/c1-20-11-7-3-6-10(13(11)18)16-14(19)8-4-2-5-9(15)12(8)17/h2,4-5,10-11,13,17-18H,3,6-7H2,1H3,(H,16,19)/t10-,11-,13-/m1/s1. The predicted molar refractivity (Wildman–Crippen MR) is 77.7 cm³/mol. The molecule has 6 heteroatoms. The Morgan fingerprint density at radius 1 is 1.45 bits per heavy atom. The first-order valence-corrected chi connectivity index (χ1v) is 7.33. The number of phenols is 1. The number of methoxy groups -OCH3 is 1. The lowest BCUT2D eigenvalue weighted by Crippen LogP contribution is -2.51. The van der Waals surface area contributed by atoms with Gasteiger partial charge in [-0.3, -0.25) is 4.79 Å². The summed E-state index contributed by atoms with van der Waals surface area (Å²) in [5.41, 5.74) is 0.186. The zero-order chi connectivity index (χ0) is 14.7. The number of rotatable bonds is 3. The number of carbonyl (C=O) groups is 1. The van der Waals surface area contributed by atoms with Crippen LogP contribution < -0.4 is 5.32 Å². The van der Waals surface area contributed by atoms with E-state index < -0.39 is 12.0 Å². The minimum Gasteiger partial charge on any atom is -0.506 e. The first-order valence-electron chi connectivity index (χ1n) is 6.53. The molecule has 1 fully saturated rings. The highest BCUT2D eigenvalue weighted by atomic mass is 79.9. The van der Waals surface area contributed by atoms with Crippen molar-refractivity contribution >= 4 is 21.8 Å². The van der Waals surface area contributed by atoms with Gasteiger partial charge in [0.1, 0.15) is 11.9 Å². The quantitative estimate of drug-likeness (QED) is 0.782. The van der Waals surface area contributed by atoms with E-state index in [4.69, 9.17) is 4.74 Å². The lowest BCUT2D eigenvalue weighted by Gasteiger charge is -2.34. The number of halogens is 1. The molecule has 0 bridgehead atoms. The molecule has 1 aromatic rings. The average molecular weight is 344 g/mol. The summed E-state index contributed by atoms with van der Waals surface area (Å²) < 4.78 is 5.67. The Balaban J connectivity index is 2.09. The lowest BCUT2D eigenvalue weighted by molar-refractivity contribution is -0.0513. The van der Waals surface area contributed by atoms with E-state index in [-0.39, 0.29) is 23.5 Å². The van der Waals surface area contributed by atoms with Crippen LogP contribution in [0.2, 0.25) is 0 Å². The van der Waals surface area contributed by atoms with Crippen molar-refractivity contribution in [3.05, 3.63) is 28.2 Å². The van der Waals surface area contributed by atoms with Crippen LogP contribution >= 0.6 is 15.9 Å². The zero-order valence-electron chi connectivity index (χ0n) is 11.2. The molecule has 0 unspecified atom stereocenters. The molecule has 0 spiro atoms. The number of nitrogens with one attached hydrogen (secondary N) is 1. The summed E-state index contributed by atoms with van der Waals surface area (Å²) in [5, 5.41) is 22.8. The molecule has 0 aromatic heterocycles. The van der Waals surface area contributed by atoms with E-state index in [1.807, 2.05) is 0 Å². The van der Waals surface area contributed by atoms with E-state index >= 15 is 0 Å². The molecule has 1 amide bonds. The molecule has 1 aliphatic rings. The zero-order valence-corrected chi connectivity index (χ0v) is 12.8. The third kappa shape index (κ3) is 3.13. The maximum atomic E-state index is 12.2. The van der Waals surface area contributed by atoms with Crippen LogP contribution in [-0.2, 0) is 4.74 Å². The third-order valence-corrected chi connectivity index (χ3v) is 4.29. The largest absolute Gasteiger partial charge is 0.506 e. The summed E-state index contributed by atoms with van der Waals surface area (Å²) in [4.78, 5) is 12.2. The van der Waals surface area contributed by atoms with Crippen molar-refractivity contribution < 1.29 is 19.7 Å². The van der Waals surface area contributed by atoms with Crippen LogP contribution in [0.1, 0.15) is 29.6 Å². The second kappa shape index (κ2) is 6.56. The molecule has 0 radical (unpaired) electrons. The molecule has 0 saturated heterocycles. The fourth-order valence-corrected chi connectivity index (χ4v) is 2.87. The molecule has 1 saturated carbocycles. The van der Waals surface area contributed by atoms with Gasteiger partial charge in [-0.1, -0.05) is 6.07 Å². The van der Waals surface area contributed by atoms with Crippen LogP contribution in [0.3, 0.4) is 0 Å². The van der Waals surface area contributed by atoms with Crippen LogP contribution in [0.4, 0.5) is 0 Å². The van der Waals surface area contributed by atoms with Crippen LogP contribution in [0, 0.1) is 0 Å². The molecule has 20 heavy (non-hydrogen) atoms. The smallest absolute Gasteiger partial charge is 0.255 e. The van der Waals surface area contributed by atoms with Crippen LogP contribution in [-0.4, -0.2) is 41.5 Å². The second-order valence-electron chi connectivity index (χ2n) is 4.91. The number of benzene rings is 1. The summed E-state index contributed by atoms with van der Waals surface area (Å²) in [7, 11) is 1.55. The number of ether oxygens (including phenoxy) is 1. The fourth-order valence-electron chi connectivity index (χ4n) is 2.50. The Labute approximate surface area is 126 Å². The first-order chi connectivity index (χ1) is 9.54.